The highest BCUT2D eigenvalue weighted by atomic mass is 16.6. The van der Waals surface area contributed by atoms with E-state index < -0.39 is 0 Å². The molecule has 0 radical (unpaired) electrons. The molecule has 0 saturated carbocycles. The number of carbonyl (C=O) groups excluding carboxylic acids is 1. The van der Waals surface area contributed by atoms with Crippen molar-refractivity contribution in [3.63, 3.8) is 0 Å². The van der Waals surface area contributed by atoms with Crippen LogP contribution in [0.3, 0.4) is 0 Å². The topological polar surface area (TPSA) is 38.8 Å². The fourth-order valence-corrected chi connectivity index (χ4v) is 1.47. The highest BCUT2D eigenvalue weighted by Gasteiger charge is 2.31. The Kier molecular flexibility index (Phi) is 5.53. The quantitative estimate of drug-likeness (QED) is 0.276. The van der Waals surface area contributed by atoms with Crippen LogP contribution in [0.2, 0.25) is 0 Å². The lowest BCUT2D eigenvalue weighted by Crippen LogP contribution is -2.12. The van der Waals surface area contributed by atoms with Gasteiger partial charge < -0.3 is 9.47 Å². The monoisotopic (exact) mass is 226 g/mol. The fraction of sp³-hybridized carbons (Fsp3) is 0.769. The summed E-state index contributed by atoms with van der Waals surface area (Å²) in [4.78, 5) is 11.4. The molecule has 0 N–H and O–H groups in total. The summed E-state index contributed by atoms with van der Waals surface area (Å²) in [7, 11) is 0. The second-order valence-corrected chi connectivity index (χ2v) is 4.73. The van der Waals surface area contributed by atoms with Crippen molar-refractivity contribution in [1.82, 2.24) is 0 Å². The molecule has 0 aromatic carbocycles. The van der Waals surface area contributed by atoms with Gasteiger partial charge in [0.25, 0.3) is 0 Å². The van der Waals surface area contributed by atoms with Crippen LogP contribution in [0.5, 0.6) is 0 Å². The third-order valence-corrected chi connectivity index (χ3v) is 2.64. The van der Waals surface area contributed by atoms with E-state index in [1.54, 1.807) is 0 Å². The van der Waals surface area contributed by atoms with Gasteiger partial charge in [-0.1, -0.05) is 39.7 Å². The molecular weight excluding hydrogens is 204 g/mol. The van der Waals surface area contributed by atoms with Crippen molar-refractivity contribution in [2.75, 3.05) is 13.2 Å². The minimum absolute atomic E-state index is 0.0755. The summed E-state index contributed by atoms with van der Waals surface area (Å²) in [6, 6.07) is 0. The molecule has 3 nitrogen and oxygen atoms in total. The number of unbranched alkanes of at least 4 members (excludes halogenated alkanes) is 2. The summed E-state index contributed by atoms with van der Waals surface area (Å²) < 4.78 is 10.1. The molecule has 16 heavy (non-hydrogen) atoms. The maximum absolute atomic E-state index is 11.4. The van der Waals surface area contributed by atoms with E-state index in [0.29, 0.717) is 18.8 Å². The number of hydrogen-bond donors (Lipinski definition) is 0. The van der Waals surface area contributed by atoms with E-state index >= 15 is 0 Å². The van der Waals surface area contributed by atoms with Crippen molar-refractivity contribution >= 4 is 5.97 Å². The first kappa shape index (κ1) is 13.2. The van der Waals surface area contributed by atoms with Gasteiger partial charge in [0, 0.05) is 0 Å². The SMILES string of the molecule is C=C(C(=O)OCCCCCC(C)C)C1CO1. The van der Waals surface area contributed by atoms with Crippen LogP contribution < -0.4 is 0 Å². The molecule has 1 heterocycles. The van der Waals surface area contributed by atoms with Gasteiger partial charge in [-0.25, -0.2) is 4.79 Å². The van der Waals surface area contributed by atoms with E-state index in [2.05, 4.69) is 20.4 Å². The molecule has 1 aliphatic rings. The number of esters is 1. The van der Waals surface area contributed by atoms with Crippen LogP contribution >= 0.6 is 0 Å². The van der Waals surface area contributed by atoms with Gasteiger partial charge >= 0.3 is 5.97 Å². The molecule has 0 spiro atoms. The standard InChI is InChI=1S/C13H22O3/c1-10(2)7-5-4-6-8-15-13(14)11(3)12-9-16-12/h10,12H,3-9H2,1-2H3. The molecule has 1 atom stereocenters. The van der Waals surface area contributed by atoms with Crippen LogP contribution in [0.15, 0.2) is 12.2 Å². The molecule has 92 valence electrons. The smallest absolute Gasteiger partial charge is 0.336 e. The molecule has 1 saturated heterocycles. The van der Waals surface area contributed by atoms with Crippen LogP contribution in [-0.4, -0.2) is 25.3 Å². The van der Waals surface area contributed by atoms with Gasteiger partial charge in [-0.3, -0.25) is 0 Å². The second-order valence-electron chi connectivity index (χ2n) is 4.73. The molecule has 1 rings (SSSR count). The highest BCUT2D eigenvalue weighted by Crippen LogP contribution is 2.19. The molecule has 1 fully saturated rings. The summed E-state index contributed by atoms with van der Waals surface area (Å²) in [6.45, 7) is 9.22. The van der Waals surface area contributed by atoms with Crippen LogP contribution in [-0.2, 0) is 14.3 Å². The zero-order valence-corrected chi connectivity index (χ0v) is 10.3. The Morgan fingerprint density at radius 3 is 2.69 bits per heavy atom. The molecule has 0 aromatic rings. The largest absolute Gasteiger partial charge is 0.462 e. The zero-order chi connectivity index (χ0) is 12.0. The first-order valence-corrected chi connectivity index (χ1v) is 6.08. The molecule has 3 heteroatoms. The number of hydrogen-bond acceptors (Lipinski definition) is 3. The van der Waals surface area contributed by atoms with Crippen molar-refractivity contribution in [2.45, 2.75) is 45.6 Å². The Bertz CT molecular complexity index is 242. The van der Waals surface area contributed by atoms with Crippen LogP contribution in [0.1, 0.15) is 39.5 Å². The second kappa shape index (κ2) is 6.69. The van der Waals surface area contributed by atoms with Gasteiger partial charge in [0.15, 0.2) is 0 Å². The Morgan fingerprint density at radius 1 is 1.44 bits per heavy atom. The maximum atomic E-state index is 11.4. The van der Waals surface area contributed by atoms with Gasteiger partial charge in [-0.2, -0.15) is 0 Å². The molecule has 1 aliphatic heterocycles. The van der Waals surface area contributed by atoms with E-state index in [-0.39, 0.29) is 12.1 Å². The van der Waals surface area contributed by atoms with Gasteiger partial charge in [0.05, 0.1) is 18.8 Å². The summed E-state index contributed by atoms with van der Waals surface area (Å²) in [5.74, 6) is 0.459. The predicted molar refractivity (Wildman–Crippen MR) is 63.1 cm³/mol. The third kappa shape index (κ3) is 5.31. The van der Waals surface area contributed by atoms with E-state index in [1.165, 1.54) is 12.8 Å². The summed E-state index contributed by atoms with van der Waals surface area (Å²) in [6.07, 6.45) is 4.45. The lowest BCUT2D eigenvalue weighted by Gasteiger charge is -2.06. The highest BCUT2D eigenvalue weighted by molar-refractivity contribution is 5.89. The first-order valence-electron chi connectivity index (χ1n) is 6.08. The van der Waals surface area contributed by atoms with Crippen molar-refractivity contribution in [3.8, 4) is 0 Å². The van der Waals surface area contributed by atoms with Crippen LogP contribution in [0.25, 0.3) is 0 Å². The average molecular weight is 226 g/mol. The minimum Gasteiger partial charge on any atom is -0.462 e. The molecule has 1 unspecified atom stereocenters. The van der Waals surface area contributed by atoms with Crippen LogP contribution in [0.4, 0.5) is 0 Å². The van der Waals surface area contributed by atoms with E-state index in [1.807, 2.05) is 0 Å². The summed E-state index contributed by atoms with van der Waals surface area (Å²) >= 11 is 0. The Balaban J connectivity index is 1.94. The first-order chi connectivity index (χ1) is 7.61. The van der Waals surface area contributed by atoms with Gasteiger partial charge in [0.1, 0.15) is 6.10 Å². The molecule has 0 aliphatic carbocycles. The molecule has 0 amide bonds. The third-order valence-electron chi connectivity index (χ3n) is 2.64. The Morgan fingerprint density at radius 2 is 2.12 bits per heavy atom. The normalized spacial score (nSPS) is 18.6. The van der Waals surface area contributed by atoms with E-state index in [0.717, 1.165) is 18.8 Å². The summed E-state index contributed by atoms with van der Waals surface area (Å²) in [5.41, 5.74) is 0.460. The van der Waals surface area contributed by atoms with Crippen molar-refractivity contribution < 1.29 is 14.3 Å². The van der Waals surface area contributed by atoms with E-state index in [4.69, 9.17) is 9.47 Å². The zero-order valence-electron chi connectivity index (χ0n) is 10.3. The fourth-order valence-electron chi connectivity index (χ4n) is 1.47. The van der Waals surface area contributed by atoms with Gasteiger partial charge in [-0.15, -0.1) is 0 Å². The number of carbonyl (C=O) groups is 1. The predicted octanol–water partition coefficient (Wildman–Crippen LogP) is 2.70. The molecule has 0 bridgehead atoms. The number of ether oxygens (including phenoxy) is 2. The van der Waals surface area contributed by atoms with Gasteiger partial charge in [-0.05, 0) is 12.3 Å². The van der Waals surface area contributed by atoms with Crippen LogP contribution in [0, 0.1) is 5.92 Å². The lowest BCUT2D eigenvalue weighted by molar-refractivity contribution is -0.139. The Labute approximate surface area is 97.8 Å². The summed E-state index contributed by atoms with van der Waals surface area (Å²) in [5, 5.41) is 0. The van der Waals surface area contributed by atoms with Crippen molar-refractivity contribution in [3.05, 3.63) is 12.2 Å². The maximum Gasteiger partial charge on any atom is 0.336 e. The Hall–Kier alpha value is -0.830. The number of rotatable bonds is 8. The van der Waals surface area contributed by atoms with Crippen molar-refractivity contribution in [1.29, 1.82) is 0 Å². The average Bonchev–Trinajstić information content (AvgIpc) is 3.05. The van der Waals surface area contributed by atoms with E-state index in [9.17, 15) is 4.79 Å². The van der Waals surface area contributed by atoms with Crippen molar-refractivity contribution in [2.24, 2.45) is 5.92 Å². The molecular formula is C13H22O3. The van der Waals surface area contributed by atoms with Gasteiger partial charge in [0.2, 0.25) is 0 Å². The lowest BCUT2D eigenvalue weighted by atomic mass is 10.1. The minimum atomic E-state index is -0.300. The number of epoxide rings is 1. The molecule has 0 aromatic heterocycles.